The standard InChI is InChI=1S/C31H30BClF2N6O13S/c33-22-17(13-19(35)24(43)25(22)44)23(27(45)38-20-11-14-5-6-18(34)21(28(46)47)26(14)54-32(20)51)39-30(49)40-8-9-41(31(40)50)55(52,53)10-2-7-36-29(48)37-15-3-1-4-16(42)12-15/h1,3-6,12-13,20,23,42-44,51H,2,7-11H2,(H,38,45)(H,39,49)(H,46,47)(H2,36,37,48)/t20-,23?/m0/s1. The van der Waals surface area contributed by atoms with Crippen molar-refractivity contribution in [3.63, 3.8) is 0 Å². The number of phenols is 3. The molecule has 2 aliphatic heterocycles. The van der Waals surface area contributed by atoms with Gasteiger partial charge in [-0.05, 0) is 42.7 Å². The number of hydrogen-bond donors (Lipinski definition) is 9. The number of benzene rings is 3. The maximum Gasteiger partial charge on any atom is 0.547 e. The largest absolute Gasteiger partial charge is 0.547 e. The second-order valence-corrected chi connectivity index (χ2v) is 14.4. The zero-order chi connectivity index (χ0) is 40.4. The van der Waals surface area contributed by atoms with Crippen LogP contribution in [0.5, 0.6) is 23.0 Å². The predicted octanol–water partition coefficient (Wildman–Crippen LogP) is 1.60. The van der Waals surface area contributed by atoms with E-state index in [9.17, 15) is 66.6 Å². The number of urea groups is 3. The second kappa shape index (κ2) is 16.1. The molecule has 0 aliphatic carbocycles. The number of nitrogens with zero attached hydrogens (tertiary/aromatic N) is 2. The van der Waals surface area contributed by atoms with Gasteiger partial charge in [-0.15, -0.1) is 0 Å². The van der Waals surface area contributed by atoms with Gasteiger partial charge in [-0.2, -0.15) is 0 Å². The molecule has 2 heterocycles. The Kier molecular flexibility index (Phi) is 11.8. The molecule has 19 nitrogen and oxygen atoms in total. The average Bonchev–Trinajstić information content (AvgIpc) is 3.52. The number of carbonyl (C=O) groups is 5. The van der Waals surface area contributed by atoms with Crippen molar-refractivity contribution >= 4 is 64.4 Å². The normalized spacial score (nSPS) is 15.8. The summed E-state index contributed by atoms with van der Waals surface area (Å²) >= 11 is 6.11. The fourth-order valence-corrected chi connectivity index (χ4v) is 7.31. The molecule has 2 aliphatic rings. The summed E-state index contributed by atoms with van der Waals surface area (Å²) < 4.78 is 60.5. The number of halogens is 3. The summed E-state index contributed by atoms with van der Waals surface area (Å²) in [7, 11) is -6.38. The molecule has 292 valence electrons. The minimum absolute atomic E-state index is 0.0395. The molecule has 9 N–H and O–H groups in total. The predicted molar refractivity (Wildman–Crippen MR) is 186 cm³/mol. The number of nitrogens with one attached hydrogen (secondary N) is 4. The van der Waals surface area contributed by atoms with Gasteiger partial charge in [-0.1, -0.05) is 23.7 Å². The average molecular weight is 811 g/mol. The molecule has 3 aromatic carbocycles. The van der Waals surface area contributed by atoms with E-state index < -0.39 is 123 Å². The Labute approximate surface area is 314 Å². The number of sulfonamides is 1. The zero-order valence-electron chi connectivity index (χ0n) is 28.0. The zero-order valence-corrected chi connectivity index (χ0v) is 29.5. The number of anilines is 1. The Morgan fingerprint density at radius 1 is 1.04 bits per heavy atom. The highest BCUT2D eigenvalue weighted by Crippen LogP contribution is 2.41. The van der Waals surface area contributed by atoms with Crippen LogP contribution in [0.2, 0.25) is 5.02 Å². The molecule has 0 aromatic heterocycles. The van der Waals surface area contributed by atoms with Gasteiger partial charge in [0, 0.05) is 23.9 Å². The van der Waals surface area contributed by atoms with E-state index in [0.717, 1.165) is 12.1 Å². The summed E-state index contributed by atoms with van der Waals surface area (Å²) in [4.78, 5) is 64.4. The number of amides is 7. The third-order valence-corrected chi connectivity index (χ3v) is 10.5. The first kappa shape index (κ1) is 40.1. The molecular weight excluding hydrogens is 781 g/mol. The summed E-state index contributed by atoms with van der Waals surface area (Å²) in [6.45, 7) is -1.20. The molecule has 3 aromatic rings. The number of aromatic carboxylic acids is 1. The summed E-state index contributed by atoms with van der Waals surface area (Å²) in [5.41, 5.74) is -1.25. The first-order chi connectivity index (χ1) is 25.9. The highest BCUT2D eigenvalue weighted by molar-refractivity contribution is 7.89. The molecule has 24 heteroatoms. The van der Waals surface area contributed by atoms with E-state index in [2.05, 4.69) is 21.3 Å². The van der Waals surface area contributed by atoms with Crippen LogP contribution in [0.25, 0.3) is 0 Å². The van der Waals surface area contributed by atoms with Crippen LogP contribution < -0.4 is 25.9 Å². The minimum atomic E-state index is -4.37. The van der Waals surface area contributed by atoms with Gasteiger partial charge < -0.3 is 51.4 Å². The van der Waals surface area contributed by atoms with Gasteiger partial charge in [0.1, 0.15) is 28.9 Å². The third kappa shape index (κ3) is 8.68. The van der Waals surface area contributed by atoms with Crippen molar-refractivity contribution in [2.24, 2.45) is 0 Å². The van der Waals surface area contributed by atoms with Crippen LogP contribution in [-0.2, 0) is 21.2 Å². The molecule has 55 heavy (non-hydrogen) atoms. The monoisotopic (exact) mass is 810 g/mol. The van der Waals surface area contributed by atoms with Gasteiger partial charge >= 0.3 is 31.2 Å². The van der Waals surface area contributed by atoms with Crippen LogP contribution >= 0.6 is 11.6 Å². The van der Waals surface area contributed by atoms with Crippen molar-refractivity contribution in [3.05, 3.63) is 75.8 Å². The third-order valence-electron chi connectivity index (χ3n) is 8.31. The maximum atomic E-state index is 14.6. The molecule has 1 saturated heterocycles. The van der Waals surface area contributed by atoms with E-state index in [-0.39, 0.29) is 36.4 Å². The van der Waals surface area contributed by atoms with Crippen LogP contribution in [0.1, 0.15) is 33.9 Å². The molecule has 5 rings (SSSR count). The Bertz CT molecular complexity index is 2190. The van der Waals surface area contributed by atoms with Gasteiger partial charge in [-0.25, -0.2) is 45.6 Å². The summed E-state index contributed by atoms with van der Waals surface area (Å²) in [5.74, 6) is -10.9. The van der Waals surface area contributed by atoms with Crippen LogP contribution in [0.15, 0.2) is 42.5 Å². The highest BCUT2D eigenvalue weighted by Gasteiger charge is 2.43. The van der Waals surface area contributed by atoms with Crippen molar-refractivity contribution in [2.45, 2.75) is 24.8 Å². The number of imide groups is 1. The van der Waals surface area contributed by atoms with Crippen LogP contribution in [0.4, 0.5) is 28.9 Å². The molecule has 1 unspecified atom stereocenters. The summed E-state index contributed by atoms with van der Waals surface area (Å²) in [5, 5.41) is 57.9. The Morgan fingerprint density at radius 3 is 2.45 bits per heavy atom. The fraction of sp³-hybridized carbons (Fsp3) is 0.258. The van der Waals surface area contributed by atoms with Crippen molar-refractivity contribution in [1.82, 2.24) is 25.2 Å². The van der Waals surface area contributed by atoms with Gasteiger partial charge in [0.05, 0.1) is 29.8 Å². The fourth-order valence-electron chi connectivity index (χ4n) is 5.63. The number of hydrogen-bond acceptors (Lipinski definition) is 12. The molecule has 7 amide bonds. The first-order valence-corrected chi connectivity index (χ1v) is 17.9. The number of fused-ring (bicyclic) bond motifs is 1. The van der Waals surface area contributed by atoms with Crippen molar-refractivity contribution in [3.8, 4) is 23.0 Å². The molecule has 0 spiro atoms. The smallest absolute Gasteiger partial charge is 0.534 e. The molecule has 0 radical (unpaired) electrons. The molecule has 0 saturated carbocycles. The number of phenolic OH excluding ortho intramolecular Hbond substituents is 3. The lowest BCUT2D eigenvalue weighted by Gasteiger charge is -2.31. The lowest BCUT2D eigenvalue weighted by atomic mass is 9.72. The van der Waals surface area contributed by atoms with E-state index in [1.165, 1.54) is 24.3 Å². The number of rotatable bonds is 11. The lowest BCUT2D eigenvalue weighted by Crippen LogP contribution is -2.56. The topological polar surface area (TPSA) is 284 Å². The maximum absolute atomic E-state index is 14.6. The van der Waals surface area contributed by atoms with Crippen LogP contribution in [0.3, 0.4) is 0 Å². The quantitative estimate of drug-likeness (QED) is 0.0757. The summed E-state index contributed by atoms with van der Waals surface area (Å²) in [6.07, 6.45) is -0.530. The van der Waals surface area contributed by atoms with Crippen molar-refractivity contribution < 1.29 is 71.3 Å². The van der Waals surface area contributed by atoms with E-state index in [4.69, 9.17) is 16.3 Å². The van der Waals surface area contributed by atoms with E-state index >= 15 is 0 Å². The SMILES string of the molecule is O=C(NCCCS(=O)(=O)N1CCN(C(=O)NC(C(=O)N[C@H]2Cc3ccc(F)c(C(=O)O)c3OB2O)c2cc(F)c(O)c(O)c2Cl)C1=O)Nc1cccc(O)c1. The molecular formula is C31H30BClF2N6O13S. The second-order valence-electron chi connectivity index (χ2n) is 12.0. The first-order valence-electron chi connectivity index (χ1n) is 16.0. The van der Waals surface area contributed by atoms with E-state index in [1.54, 1.807) is 0 Å². The minimum Gasteiger partial charge on any atom is -0.534 e. The Morgan fingerprint density at radius 2 is 1.76 bits per heavy atom. The molecule has 2 atom stereocenters. The highest BCUT2D eigenvalue weighted by atomic mass is 35.5. The van der Waals surface area contributed by atoms with Crippen LogP contribution in [0, 0.1) is 11.6 Å². The van der Waals surface area contributed by atoms with Gasteiger partial charge in [0.25, 0.3) is 0 Å². The Balaban J connectivity index is 1.28. The van der Waals surface area contributed by atoms with Crippen LogP contribution in [-0.4, -0.2) is 111 Å². The summed E-state index contributed by atoms with van der Waals surface area (Å²) in [6, 6.07) is 2.52. The van der Waals surface area contributed by atoms with Gasteiger partial charge in [-0.3, -0.25) is 4.79 Å². The molecule has 0 bridgehead atoms. The molecule has 1 fully saturated rings. The number of carboxylic acids is 1. The van der Waals surface area contributed by atoms with Crippen molar-refractivity contribution in [1.29, 1.82) is 0 Å². The Hall–Kier alpha value is -6.07. The van der Waals surface area contributed by atoms with Crippen molar-refractivity contribution in [2.75, 3.05) is 30.7 Å². The number of carboxylic acid groups (broad SMARTS) is 1. The van der Waals surface area contributed by atoms with E-state index in [0.29, 0.717) is 15.3 Å². The van der Waals surface area contributed by atoms with E-state index in [1.807, 2.05) is 0 Å². The number of aromatic hydroxyl groups is 3. The van der Waals surface area contributed by atoms with Gasteiger partial charge in [0.15, 0.2) is 17.3 Å². The van der Waals surface area contributed by atoms with Gasteiger partial charge in [0.2, 0.25) is 15.9 Å². The lowest BCUT2D eigenvalue weighted by molar-refractivity contribution is -0.123. The number of carbonyl (C=O) groups excluding carboxylic acids is 4.